The Morgan fingerprint density at radius 2 is 1.69 bits per heavy atom. The summed E-state index contributed by atoms with van der Waals surface area (Å²) >= 11 is 0. The molecular weight excluding hydrogens is 364 g/mol. The van der Waals surface area contributed by atoms with Crippen LogP contribution in [0.5, 0.6) is 0 Å². The smallest absolute Gasteiger partial charge is 0.228 e. The molecule has 5 nitrogen and oxygen atoms in total. The van der Waals surface area contributed by atoms with Gasteiger partial charge in [0.05, 0.1) is 17.1 Å². The highest BCUT2D eigenvalue weighted by Crippen LogP contribution is 2.48. The molecule has 0 aliphatic heterocycles. The monoisotopic (exact) mass is 383 g/mol. The van der Waals surface area contributed by atoms with Crippen LogP contribution >= 0.6 is 0 Å². The average molecular weight is 383 g/mol. The number of benzene rings is 2. The van der Waals surface area contributed by atoms with Crippen LogP contribution in [-0.4, -0.2) is 16.9 Å². The van der Waals surface area contributed by atoms with Crippen LogP contribution in [0, 0.1) is 23.7 Å². The van der Waals surface area contributed by atoms with Crippen LogP contribution in [0.25, 0.3) is 22.0 Å². The number of fused-ring (bicyclic) bond motifs is 3. The Bertz CT molecular complexity index is 1140. The van der Waals surface area contributed by atoms with Crippen LogP contribution < -0.4 is 10.4 Å². The number of carboxylic acids is 1. The van der Waals surface area contributed by atoms with Gasteiger partial charge in [-0.15, -0.1) is 0 Å². The van der Waals surface area contributed by atoms with Crippen molar-refractivity contribution in [2.45, 2.75) is 6.42 Å². The first kappa shape index (κ1) is 17.6. The number of anilines is 1. The number of para-hydroxylation sites is 1. The molecule has 5 heteroatoms. The molecule has 3 aromatic rings. The topological polar surface area (TPSA) is 82.1 Å². The third-order valence-corrected chi connectivity index (χ3v) is 6.15. The van der Waals surface area contributed by atoms with Crippen LogP contribution in [0.4, 0.5) is 5.69 Å². The van der Waals surface area contributed by atoms with Crippen LogP contribution in [-0.2, 0) is 9.59 Å². The molecule has 1 N–H and O–H groups in total. The molecule has 144 valence electrons. The SMILES string of the molecule is O=C([O-])[C@@H]1[C@H](C(=O)Nc2cccc3c(-c4ccccc4)ccnc23)[C@@H]2C=C[C@H]1C2. The van der Waals surface area contributed by atoms with Crippen LogP contribution in [0.1, 0.15) is 6.42 Å². The quantitative estimate of drug-likeness (QED) is 0.702. The summed E-state index contributed by atoms with van der Waals surface area (Å²) in [6, 6.07) is 17.6. The molecule has 0 saturated heterocycles. The second-order valence-corrected chi connectivity index (χ2v) is 7.73. The van der Waals surface area contributed by atoms with Crippen molar-refractivity contribution < 1.29 is 14.7 Å². The number of aliphatic carboxylic acids is 1. The minimum atomic E-state index is -1.15. The van der Waals surface area contributed by atoms with Crippen molar-refractivity contribution >= 4 is 28.5 Å². The molecule has 1 heterocycles. The first-order chi connectivity index (χ1) is 14.1. The largest absolute Gasteiger partial charge is 0.550 e. The molecule has 1 aromatic heterocycles. The van der Waals surface area contributed by atoms with E-state index in [4.69, 9.17) is 0 Å². The summed E-state index contributed by atoms with van der Waals surface area (Å²) in [6.07, 6.45) is 6.29. The van der Waals surface area contributed by atoms with Crippen LogP contribution in [0.15, 0.2) is 72.9 Å². The predicted molar refractivity (Wildman–Crippen MR) is 109 cm³/mol. The number of allylic oxidation sites excluding steroid dienone is 2. The normalized spacial score (nSPS) is 24.7. The van der Waals surface area contributed by atoms with Gasteiger partial charge in [-0.25, -0.2) is 0 Å². The molecular formula is C24H19N2O3-. The van der Waals surface area contributed by atoms with E-state index in [0.717, 1.165) is 16.5 Å². The Morgan fingerprint density at radius 1 is 0.931 bits per heavy atom. The fourth-order valence-corrected chi connectivity index (χ4v) is 4.86. The molecule has 4 atom stereocenters. The van der Waals surface area contributed by atoms with Crippen molar-refractivity contribution in [1.29, 1.82) is 0 Å². The first-order valence-electron chi connectivity index (χ1n) is 9.76. The number of hydrogen-bond donors (Lipinski definition) is 1. The van der Waals surface area contributed by atoms with Crippen molar-refractivity contribution in [3.8, 4) is 11.1 Å². The van der Waals surface area contributed by atoms with E-state index < -0.39 is 17.8 Å². The lowest BCUT2D eigenvalue weighted by molar-refractivity contribution is -0.313. The Balaban J connectivity index is 1.51. The molecule has 2 aromatic carbocycles. The number of carbonyl (C=O) groups excluding carboxylic acids is 2. The van der Waals surface area contributed by atoms with E-state index in [-0.39, 0.29) is 17.7 Å². The van der Waals surface area contributed by atoms with Crippen molar-refractivity contribution in [3.05, 3.63) is 72.9 Å². The van der Waals surface area contributed by atoms with E-state index in [1.54, 1.807) is 12.3 Å². The zero-order chi connectivity index (χ0) is 20.0. The van der Waals surface area contributed by atoms with Gasteiger partial charge in [-0.1, -0.05) is 54.6 Å². The highest BCUT2D eigenvalue weighted by atomic mass is 16.4. The van der Waals surface area contributed by atoms with E-state index >= 15 is 0 Å². The fourth-order valence-electron chi connectivity index (χ4n) is 4.86. The summed E-state index contributed by atoms with van der Waals surface area (Å²) in [5.74, 6) is -2.97. The summed E-state index contributed by atoms with van der Waals surface area (Å²) in [4.78, 5) is 29.2. The standard InChI is InChI=1S/C24H20N2O3/c27-23(20-15-9-10-16(13-15)21(20)24(28)29)26-19-8-4-7-18-17(11-12-25-22(18)19)14-5-2-1-3-6-14/h1-12,15-16,20-21H,13H2,(H,26,27)(H,28,29)/p-1/t15-,16+,20-,21+/m1/s1. The van der Waals surface area contributed by atoms with Gasteiger partial charge in [0.25, 0.3) is 0 Å². The summed E-state index contributed by atoms with van der Waals surface area (Å²) < 4.78 is 0. The molecule has 2 bridgehead atoms. The van der Waals surface area contributed by atoms with Crippen LogP contribution in [0.2, 0.25) is 0 Å². The number of hydrogen-bond acceptors (Lipinski definition) is 4. The van der Waals surface area contributed by atoms with Gasteiger partial charge in [0.15, 0.2) is 0 Å². The lowest BCUT2D eigenvalue weighted by atomic mass is 9.82. The van der Waals surface area contributed by atoms with E-state index in [2.05, 4.69) is 10.3 Å². The van der Waals surface area contributed by atoms with E-state index in [1.807, 2.05) is 60.7 Å². The number of nitrogens with zero attached hydrogens (tertiary/aromatic N) is 1. The second kappa shape index (κ2) is 6.85. The van der Waals surface area contributed by atoms with E-state index in [9.17, 15) is 14.7 Å². The van der Waals surface area contributed by atoms with Crippen molar-refractivity contribution in [1.82, 2.24) is 4.98 Å². The van der Waals surface area contributed by atoms with Gasteiger partial charge in [-0.05, 0) is 41.5 Å². The molecule has 5 rings (SSSR count). The molecule has 0 unspecified atom stereocenters. The molecule has 1 saturated carbocycles. The van der Waals surface area contributed by atoms with Gasteiger partial charge < -0.3 is 15.2 Å². The Labute approximate surface area is 168 Å². The number of carboxylic acid groups (broad SMARTS) is 1. The van der Waals surface area contributed by atoms with Crippen LogP contribution in [0.3, 0.4) is 0 Å². The van der Waals surface area contributed by atoms with Gasteiger partial charge in [-0.3, -0.25) is 9.78 Å². The molecule has 1 fully saturated rings. The van der Waals surface area contributed by atoms with E-state index in [1.165, 1.54) is 0 Å². The summed E-state index contributed by atoms with van der Waals surface area (Å²) in [7, 11) is 0. The predicted octanol–water partition coefficient (Wildman–Crippen LogP) is 3.03. The number of rotatable bonds is 4. The molecule has 0 spiro atoms. The van der Waals surface area contributed by atoms with Gasteiger partial charge in [0.2, 0.25) is 5.91 Å². The zero-order valence-electron chi connectivity index (χ0n) is 15.6. The molecule has 2 aliphatic rings. The van der Waals surface area contributed by atoms with Gasteiger partial charge in [0, 0.05) is 23.5 Å². The number of aromatic nitrogens is 1. The minimum Gasteiger partial charge on any atom is -0.550 e. The van der Waals surface area contributed by atoms with Gasteiger partial charge in [0.1, 0.15) is 0 Å². The third-order valence-electron chi connectivity index (χ3n) is 6.15. The average Bonchev–Trinajstić information content (AvgIpc) is 3.36. The van der Waals surface area contributed by atoms with Gasteiger partial charge in [-0.2, -0.15) is 0 Å². The first-order valence-corrected chi connectivity index (χ1v) is 9.76. The lowest BCUT2D eigenvalue weighted by Crippen LogP contribution is -2.42. The summed E-state index contributed by atoms with van der Waals surface area (Å²) in [6.45, 7) is 0. The number of pyridine rings is 1. The summed E-state index contributed by atoms with van der Waals surface area (Å²) in [5.41, 5.74) is 3.38. The highest BCUT2D eigenvalue weighted by molar-refractivity contribution is 6.06. The lowest BCUT2D eigenvalue weighted by Gasteiger charge is -2.28. The molecule has 29 heavy (non-hydrogen) atoms. The maximum absolute atomic E-state index is 13.1. The zero-order valence-corrected chi connectivity index (χ0v) is 15.6. The number of carbonyl (C=O) groups is 2. The Morgan fingerprint density at radius 3 is 2.45 bits per heavy atom. The van der Waals surface area contributed by atoms with E-state index in [0.29, 0.717) is 17.6 Å². The third kappa shape index (κ3) is 2.90. The van der Waals surface area contributed by atoms with Crippen molar-refractivity contribution in [3.63, 3.8) is 0 Å². The molecule has 1 amide bonds. The Hall–Kier alpha value is -3.47. The summed E-state index contributed by atoms with van der Waals surface area (Å²) in [5, 5.41) is 15.5. The second-order valence-electron chi connectivity index (χ2n) is 7.73. The molecule has 0 radical (unpaired) electrons. The maximum atomic E-state index is 13.1. The maximum Gasteiger partial charge on any atom is 0.228 e. The van der Waals surface area contributed by atoms with Crippen molar-refractivity contribution in [2.75, 3.05) is 5.32 Å². The van der Waals surface area contributed by atoms with Crippen molar-refractivity contribution in [2.24, 2.45) is 23.7 Å². The highest BCUT2D eigenvalue weighted by Gasteiger charge is 2.48. The fraction of sp³-hybridized carbons (Fsp3) is 0.208. The Kier molecular flexibility index (Phi) is 4.16. The van der Waals surface area contributed by atoms with Gasteiger partial charge >= 0.3 is 0 Å². The minimum absolute atomic E-state index is 0.0503. The number of amides is 1. The molecule has 2 aliphatic carbocycles. The number of nitrogens with one attached hydrogen (secondary N) is 1.